The molecule has 0 bridgehead atoms. The highest BCUT2D eigenvalue weighted by molar-refractivity contribution is 5.93. The molecule has 0 heterocycles. The summed E-state index contributed by atoms with van der Waals surface area (Å²) >= 11 is 0. The number of phenols is 1. The third kappa shape index (κ3) is 7.11. The van der Waals surface area contributed by atoms with Gasteiger partial charge in [-0.3, -0.25) is 9.59 Å². The van der Waals surface area contributed by atoms with Crippen LogP contribution in [0.5, 0.6) is 5.75 Å². The molecular weight excluding hydrogens is 422 g/mol. The molecule has 1 fully saturated rings. The van der Waals surface area contributed by atoms with Crippen molar-refractivity contribution in [2.45, 2.75) is 91.6 Å². The average Bonchev–Trinajstić information content (AvgIpc) is 3.38. The monoisotopic (exact) mass is 461 g/mol. The van der Waals surface area contributed by atoms with Gasteiger partial charge in [0.25, 0.3) is 0 Å². The highest BCUT2D eigenvalue weighted by atomic mass is 16.6. The molecular formula is C25H39N3O5. The molecule has 0 spiro atoms. The van der Waals surface area contributed by atoms with Gasteiger partial charge >= 0.3 is 6.09 Å². The van der Waals surface area contributed by atoms with Crippen molar-refractivity contribution in [2.75, 3.05) is 0 Å². The first-order valence-corrected chi connectivity index (χ1v) is 11.6. The van der Waals surface area contributed by atoms with Gasteiger partial charge in [0.2, 0.25) is 11.8 Å². The summed E-state index contributed by atoms with van der Waals surface area (Å²) in [5.74, 6) is -0.868. The molecule has 1 aliphatic rings. The Morgan fingerprint density at radius 1 is 1.09 bits per heavy atom. The lowest BCUT2D eigenvalue weighted by molar-refractivity contribution is -0.144. The van der Waals surface area contributed by atoms with Crippen molar-refractivity contribution in [1.29, 1.82) is 0 Å². The molecule has 0 radical (unpaired) electrons. The normalized spacial score (nSPS) is 19.6. The molecule has 0 aromatic heterocycles. The van der Waals surface area contributed by atoms with Crippen LogP contribution in [0.4, 0.5) is 4.79 Å². The van der Waals surface area contributed by atoms with Gasteiger partial charge in [0, 0.05) is 17.6 Å². The summed E-state index contributed by atoms with van der Waals surface area (Å²) in [5, 5.41) is 16.2. The number of nitrogens with one attached hydrogen (secondary N) is 2. The molecule has 0 aliphatic heterocycles. The second-order valence-corrected chi connectivity index (χ2v) is 10.5. The van der Waals surface area contributed by atoms with Crippen molar-refractivity contribution < 1.29 is 24.2 Å². The minimum Gasteiger partial charge on any atom is -0.508 e. The van der Waals surface area contributed by atoms with Crippen molar-refractivity contribution in [2.24, 2.45) is 11.8 Å². The van der Waals surface area contributed by atoms with Gasteiger partial charge in [0.05, 0.1) is 0 Å². The zero-order chi connectivity index (χ0) is 25.1. The van der Waals surface area contributed by atoms with Crippen LogP contribution < -0.4 is 10.6 Å². The fourth-order valence-electron chi connectivity index (χ4n) is 3.78. The second-order valence-electron chi connectivity index (χ2n) is 10.5. The first-order valence-electron chi connectivity index (χ1n) is 11.6. The third-order valence-electron chi connectivity index (χ3n) is 5.47. The van der Waals surface area contributed by atoms with Gasteiger partial charge < -0.3 is 25.4 Å². The Balaban J connectivity index is 2.48. The van der Waals surface area contributed by atoms with Crippen LogP contribution in [0.1, 0.15) is 73.4 Å². The van der Waals surface area contributed by atoms with E-state index in [9.17, 15) is 19.5 Å². The van der Waals surface area contributed by atoms with Crippen LogP contribution in [0, 0.1) is 11.8 Å². The molecule has 184 valence electrons. The summed E-state index contributed by atoms with van der Waals surface area (Å²) < 4.78 is 5.37. The smallest absolute Gasteiger partial charge is 0.408 e. The number of carbonyl (C=O) groups excluding carboxylic acids is 3. The Labute approximate surface area is 197 Å². The maximum atomic E-state index is 13.9. The van der Waals surface area contributed by atoms with Gasteiger partial charge in [-0.25, -0.2) is 4.79 Å². The molecule has 8 heteroatoms. The van der Waals surface area contributed by atoms with E-state index >= 15 is 0 Å². The highest BCUT2D eigenvalue weighted by Crippen LogP contribution is 2.42. The summed E-state index contributed by atoms with van der Waals surface area (Å²) in [5.41, 5.74) is -0.364. The Bertz CT molecular complexity index is 862. The van der Waals surface area contributed by atoms with E-state index in [0.717, 1.165) is 6.42 Å². The number of amides is 3. The lowest BCUT2D eigenvalue weighted by atomic mass is 9.97. The van der Waals surface area contributed by atoms with Crippen LogP contribution in [0.3, 0.4) is 0 Å². The Morgan fingerprint density at radius 2 is 1.67 bits per heavy atom. The fraction of sp³-hybridized carbons (Fsp3) is 0.640. The number of hydrogen-bond donors (Lipinski definition) is 3. The molecule has 4 unspecified atom stereocenters. The molecule has 4 atom stereocenters. The summed E-state index contributed by atoms with van der Waals surface area (Å²) in [6.45, 7) is 14.6. The van der Waals surface area contributed by atoms with E-state index in [-0.39, 0.29) is 41.5 Å². The molecule has 1 saturated carbocycles. The van der Waals surface area contributed by atoms with Gasteiger partial charge in [-0.05, 0) is 58.9 Å². The molecule has 0 saturated heterocycles. The maximum Gasteiger partial charge on any atom is 0.408 e. The van der Waals surface area contributed by atoms with E-state index in [4.69, 9.17) is 4.74 Å². The number of ether oxygens (including phenoxy) is 1. The lowest BCUT2D eigenvalue weighted by Crippen LogP contribution is -2.56. The number of para-hydroxylation sites is 1. The summed E-state index contributed by atoms with van der Waals surface area (Å²) in [6, 6.07) is 4.29. The van der Waals surface area contributed by atoms with Crippen LogP contribution in [0.15, 0.2) is 24.3 Å². The standard InChI is InChI=1S/C25H39N3O5/c1-14(2)20(27-24(32)33-25(6,7)8)23(31)28(18-13-16(18)5)21(22(30)26-15(3)4)17-11-9-10-12-19(17)29/h9-12,14-16,18,20-21,29H,13H2,1-8H3,(H,26,30)(H,27,32). The summed E-state index contributed by atoms with van der Waals surface area (Å²) in [6.07, 6.45) is 0.0475. The minimum absolute atomic E-state index is 0.0614. The van der Waals surface area contributed by atoms with Gasteiger partial charge in [-0.15, -0.1) is 0 Å². The molecule has 1 aromatic rings. The molecule has 3 amide bonds. The largest absolute Gasteiger partial charge is 0.508 e. The number of carbonyl (C=O) groups is 3. The quantitative estimate of drug-likeness (QED) is 0.547. The molecule has 8 nitrogen and oxygen atoms in total. The van der Waals surface area contributed by atoms with E-state index in [0.29, 0.717) is 5.56 Å². The number of nitrogens with zero attached hydrogens (tertiary/aromatic N) is 1. The predicted molar refractivity (Wildman–Crippen MR) is 127 cm³/mol. The second kappa shape index (κ2) is 10.4. The number of benzene rings is 1. The summed E-state index contributed by atoms with van der Waals surface area (Å²) in [7, 11) is 0. The molecule has 1 aliphatic carbocycles. The minimum atomic E-state index is -1.03. The van der Waals surface area contributed by atoms with Gasteiger partial charge in [0.15, 0.2) is 0 Å². The van der Waals surface area contributed by atoms with E-state index in [1.165, 1.54) is 6.07 Å². The van der Waals surface area contributed by atoms with E-state index < -0.39 is 23.8 Å². The number of hydrogen-bond acceptors (Lipinski definition) is 5. The van der Waals surface area contributed by atoms with Gasteiger partial charge in [-0.1, -0.05) is 39.0 Å². The first kappa shape index (κ1) is 26.5. The molecule has 3 N–H and O–H groups in total. The van der Waals surface area contributed by atoms with E-state index in [1.807, 2.05) is 34.6 Å². The van der Waals surface area contributed by atoms with Crippen LogP contribution in [0.2, 0.25) is 0 Å². The molecule has 33 heavy (non-hydrogen) atoms. The molecule has 1 aromatic carbocycles. The van der Waals surface area contributed by atoms with Crippen molar-refractivity contribution in [3.05, 3.63) is 29.8 Å². The maximum absolute atomic E-state index is 13.9. The average molecular weight is 462 g/mol. The number of rotatable bonds is 8. The van der Waals surface area contributed by atoms with Crippen molar-refractivity contribution in [3.8, 4) is 5.75 Å². The number of aromatic hydroxyl groups is 1. The van der Waals surface area contributed by atoms with Crippen LogP contribution >= 0.6 is 0 Å². The lowest BCUT2D eigenvalue weighted by Gasteiger charge is -2.36. The first-order chi connectivity index (χ1) is 15.2. The van der Waals surface area contributed by atoms with Gasteiger partial charge in [0.1, 0.15) is 23.4 Å². The Kier molecular flexibility index (Phi) is 8.38. The number of alkyl carbamates (subject to hydrolysis) is 1. The highest BCUT2D eigenvalue weighted by Gasteiger charge is 2.49. The third-order valence-corrected chi connectivity index (χ3v) is 5.47. The summed E-state index contributed by atoms with van der Waals surface area (Å²) in [4.78, 5) is 41.3. The Hall–Kier alpha value is -2.77. The van der Waals surface area contributed by atoms with Crippen molar-refractivity contribution in [1.82, 2.24) is 15.5 Å². The van der Waals surface area contributed by atoms with Gasteiger partial charge in [-0.2, -0.15) is 0 Å². The van der Waals surface area contributed by atoms with Crippen LogP contribution in [0.25, 0.3) is 0 Å². The zero-order valence-corrected chi connectivity index (χ0v) is 21.0. The fourth-order valence-corrected chi connectivity index (χ4v) is 3.78. The Morgan fingerprint density at radius 3 is 2.12 bits per heavy atom. The van der Waals surface area contributed by atoms with Crippen LogP contribution in [-0.4, -0.2) is 51.6 Å². The SMILES string of the molecule is CC(C)NC(=O)C(c1ccccc1O)N(C(=O)C(NC(=O)OC(C)(C)C)C(C)C)C1CC1C. The number of phenolic OH excluding ortho intramolecular Hbond substituents is 1. The van der Waals surface area contributed by atoms with Crippen molar-refractivity contribution >= 4 is 17.9 Å². The van der Waals surface area contributed by atoms with Crippen LogP contribution in [-0.2, 0) is 14.3 Å². The van der Waals surface area contributed by atoms with E-state index in [1.54, 1.807) is 43.9 Å². The predicted octanol–water partition coefficient (Wildman–Crippen LogP) is 3.74. The molecule has 2 rings (SSSR count). The zero-order valence-electron chi connectivity index (χ0n) is 21.0. The topological polar surface area (TPSA) is 108 Å². The van der Waals surface area contributed by atoms with Crippen molar-refractivity contribution in [3.63, 3.8) is 0 Å². The van der Waals surface area contributed by atoms with E-state index in [2.05, 4.69) is 10.6 Å².